The molecule has 18 heavy (non-hydrogen) atoms. The fraction of sp³-hybridized carbons (Fsp3) is 0.857. The highest BCUT2D eigenvalue weighted by Gasteiger charge is 2.75. The zero-order valence-electron chi connectivity index (χ0n) is 12.5. The molecule has 1 aliphatic heterocycles. The normalized spacial score (nSPS) is 30.6. The molecule has 0 radical (unpaired) electrons. The average molecular weight is 326 g/mol. The largest absolute Gasteiger partial charge is 0.192 e. The Kier molecular flexibility index (Phi) is 5.75. The summed E-state index contributed by atoms with van der Waals surface area (Å²) in [6, 6.07) is 0.112. The van der Waals surface area contributed by atoms with Crippen LogP contribution in [0.3, 0.4) is 0 Å². The molecule has 1 heterocycles. The third kappa shape index (κ3) is 2.57. The van der Waals surface area contributed by atoms with Gasteiger partial charge in [0.1, 0.15) is 0 Å². The fourth-order valence-corrected chi connectivity index (χ4v) is 42.7. The van der Waals surface area contributed by atoms with Crippen molar-refractivity contribution in [2.45, 2.75) is 59.3 Å². The molecule has 110 valence electrons. The molecule has 0 aromatic heterocycles. The van der Waals surface area contributed by atoms with Gasteiger partial charge in [-0.15, -0.1) is 0 Å². The second-order valence-corrected chi connectivity index (χ2v) is 28.4. The zero-order chi connectivity index (χ0) is 13.8. The summed E-state index contributed by atoms with van der Waals surface area (Å²) in [5, 5.41) is 2.52. The molecule has 0 nitrogen and oxygen atoms in total. The maximum Gasteiger partial charge on any atom is 0.0213 e. The maximum atomic E-state index is 4.38. The van der Waals surface area contributed by atoms with E-state index in [1.807, 2.05) is 0 Å². The summed E-state index contributed by atoms with van der Waals surface area (Å²) in [6.45, 7) is 9.48. The number of rotatable bonds is 10. The molecule has 1 rings (SSSR count). The van der Waals surface area contributed by atoms with Crippen LogP contribution in [0.1, 0.15) is 59.3 Å². The number of hydrogen-bond acceptors (Lipinski definition) is 1. The van der Waals surface area contributed by atoms with Gasteiger partial charge in [-0.1, -0.05) is 71.4 Å². The minimum atomic E-state index is -1.91. The first-order chi connectivity index (χ1) is 8.49. The summed E-state index contributed by atoms with van der Waals surface area (Å²) in [6.07, 6.45) is 8.21. The van der Waals surface area contributed by atoms with Crippen molar-refractivity contribution in [1.29, 1.82) is 0 Å². The number of hydrogen-bond donors (Lipinski definition) is 0. The van der Waals surface area contributed by atoms with Crippen LogP contribution in [-0.4, -0.2) is 17.3 Å². The van der Waals surface area contributed by atoms with Gasteiger partial charge < -0.3 is 0 Å². The van der Waals surface area contributed by atoms with E-state index in [0.29, 0.717) is 0 Å². The van der Waals surface area contributed by atoms with E-state index in [1.165, 1.54) is 55.8 Å². The van der Waals surface area contributed by atoms with Crippen LogP contribution in [0.4, 0.5) is 0 Å². The van der Waals surface area contributed by atoms with E-state index >= 15 is 0 Å². The molecule has 0 bridgehead atoms. The molecule has 0 saturated carbocycles. The van der Waals surface area contributed by atoms with Crippen molar-refractivity contribution < 1.29 is 0 Å². The summed E-state index contributed by atoms with van der Waals surface area (Å²) >= 11 is 0. The van der Waals surface area contributed by atoms with Crippen molar-refractivity contribution in [3.8, 4) is 0 Å². The van der Waals surface area contributed by atoms with Gasteiger partial charge in [-0.3, -0.25) is 0 Å². The first-order valence-corrected chi connectivity index (χ1v) is 15.9. The molecule has 1 fully saturated rings. The highest BCUT2D eigenvalue weighted by Crippen LogP contribution is 3.36. The van der Waals surface area contributed by atoms with E-state index in [-0.39, 0.29) is 6.01 Å². The van der Waals surface area contributed by atoms with E-state index in [9.17, 15) is 0 Å². The van der Waals surface area contributed by atoms with E-state index in [1.54, 1.807) is 0 Å². The molecule has 2 atom stereocenters. The third-order valence-electron chi connectivity index (χ3n) is 4.58. The van der Waals surface area contributed by atoms with Crippen LogP contribution >= 0.6 is 32.3 Å². The molecule has 1 aliphatic rings. The van der Waals surface area contributed by atoms with Gasteiger partial charge in [0.2, 0.25) is 0 Å². The monoisotopic (exact) mass is 326 g/mol. The summed E-state index contributed by atoms with van der Waals surface area (Å²) < 4.78 is 0. The standard InChI is InChI=1S/C14H32P2S2/c1-5-9-12-18(8-4,13-10-6-2,14-11-7-3)16(15)17-18/h8H,4-7,9-15H2,1-3H3. The van der Waals surface area contributed by atoms with Crippen LogP contribution in [0, 0.1) is 0 Å². The van der Waals surface area contributed by atoms with E-state index in [4.69, 9.17) is 0 Å². The minimum Gasteiger partial charge on any atom is -0.192 e. The van der Waals surface area contributed by atoms with Crippen LogP contribution < -0.4 is 0 Å². The predicted molar refractivity (Wildman–Crippen MR) is 101 cm³/mol. The lowest BCUT2D eigenvalue weighted by atomic mass is 10.4. The highest BCUT2D eigenvalue weighted by atomic mass is 33.9. The Morgan fingerprint density at radius 3 is 1.50 bits per heavy atom. The Morgan fingerprint density at radius 1 is 1.00 bits per heavy atom. The lowest BCUT2D eigenvalue weighted by Gasteiger charge is -2.62. The van der Waals surface area contributed by atoms with Crippen molar-refractivity contribution >= 4 is 32.3 Å². The Morgan fingerprint density at radius 2 is 1.33 bits per heavy atom. The van der Waals surface area contributed by atoms with Crippen molar-refractivity contribution in [3.63, 3.8) is 0 Å². The van der Waals surface area contributed by atoms with Crippen molar-refractivity contribution in [1.82, 2.24) is 0 Å². The summed E-state index contributed by atoms with van der Waals surface area (Å²) in [5.41, 5.74) is 0. The van der Waals surface area contributed by atoms with Gasteiger partial charge in [0.15, 0.2) is 0 Å². The van der Waals surface area contributed by atoms with Crippen LogP contribution in [0.15, 0.2) is 12.0 Å². The van der Waals surface area contributed by atoms with E-state index in [2.05, 4.69) is 52.1 Å². The highest BCUT2D eigenvalue weighted by molar-refractivity contribution is 9.74. The summed E-state index contributed by atoms with van der Waals surface area (Å²) in [5.74, 6) is 4.42. The molecule has 4 heteroatoms. The third-order valence-corrected chi connectivity index (χ3v) is 40.6. The minimum absolute atomic E-state index is 0.112. The molecular weight excluding hydrogens is 294 g/mol. The Hall–Kier alpha value is 1.30. The van der Waals surface area contributed by atoms with E-state index < -0.39 is 6.95 Å². The van der Waals surface area contributed by atoms with Crippen LogP contribution in [0.2, 0.25) is 0 Å². The van der Waals surface area contributed by atoms with Gasteiger partial charge in [0.05, 0.1) is 0 Å². The Labute approximate surface area is 121 Å². The number of unbranched alkanes of at least 4 members (excludes halogenated alkanes) is 3. The molecule has 1 saturated heterocycles. The first kappa shape index (κ1) is 17.4. The Bertz CT molecular complexity index is 290. The van der Waals surface area contributed by atoms with Gasteiger partial charge in [-0.25, -0.2) is 0 Å². The lowest BCUT2D eigenvalue weighted by molar-refractivity contribution is 0.847. The van der Waals surface area contributed by atoms with Crippen molar-refractivity contribution in [2.24, 2.45) is 0 Å². The van der Waals surface area contributed by atoms with Gasteiger partial charge in [0, 0.05) is 6.01 Å². The zero-order valence-corrected chi connectivity index (χ0v) is 16.2. The Balaban J connectivity index is 3.06. The molecule has 0 amide bonds. The maximum absolute atomic E-state index is 4.38. The molecule has 0 aliphatic carbocycles. The van der Waals surface area contributed by atoms with Gasteiger partial charge >= 0.3 is 0 Å². The van der Waals surface area contributed by atoms with Gasteiger partial charge in [-0.2, -0.15) is 6.95 Å². The van der Waals surface area contributed by atoms with Crippen molar-refractivity contribution in [3.05, 3.63) is 12.0 Å². The van der Waals surface area contributed by atoms with Gasteiger partial charge in [-0.05, 0) is 36.5 Å². The topological polar surface area (TPSA) is 0 Å². The molecule has 0 aromatic carbocycles. The van der Waals surface area contributed by atoms with Crippen LogP contribution in [-0.2, 0) is 0 Å². The second kappa shape index (κ2) is 5.97. The molecule has 2 unspecified atom stereocenters. The lowest BCUT2D eigenvalue weighted by Crippen LogP contribution is -2.27. The smallest absolute Gasteiger partial charge is 0.0213 e. The van der Waals surface area contributed by atoms with Crippen molar-refractivity contribution in [2.75, 3.05) is 17.3 Å². The second-order valence-electron chi connectivity index (χ2n) is 5.83. The quantitative estimate of drug-likeness (QED) is 0.233. The van der Waals surface area contributed by atoms with E-state index in [0.717, 1.165) is 0 Å². The first-order valence-electron chi connectivity index (χ1n) is 7.42. The summed E-state index contributed by atoms with van der Waals surface area (Å²) in [7, 11) is 5.62. The van der Waals surface area contributed by atoms with Crippen LogP contribution in [0.5, 0.6) is 0 Å². The molecular formula is C14H32P2S2. The molecule has 0 spiro atoms. The SMILES string of the molecule is C=CS1(CCCC)(CCCC)(CCCC)SP1P. The van der Waals surface area contributed by atoms with Gasteiger partial charge in [0.25, 0.3) is 0 Å². The van der Waals surface area contributed by atoms with Crippen LogP contribution in [0.25, 0.3) is 0 Å². The predicted octanol–water partition coefficient (Wildman–Crippen LogP) is 7.17. The average Bonchev–Trinajstić information content (AvgIpc) is 2.96. The summed E-state index contributed by atoms with van der Waals surface area (Å²) in [4.78, 5) is 0. The fourth-order valence-electron chi connectivity index (χ4n) is 2.93. The molecule has 0 N–H and O–H groups in total. The molecule has 0 aromatic rings.